The van der Waals surface area contributed by atoms with Gasteiger partial charge < -0.3 is 0 Å². The minimum atomic E-state index is -4.14. The maximum atomic E-state index is 12.4. The van der Waals surface area contributed by atoms with Crippen LogP contribution in [0.1, 0.15) is 0 Å². The summed E-state index contributed by atoms with van der Waals surface area (Å²) in [4.78, 5) is 25.4. The topological polar surface area (TPSA) is 155 Å². The second-order valence-corrected chi connectivity index (χ2v) is 7.51. The summed E-state index contributed by atoms with van der Waals surface area (Å²) < 4.78 is 29.4. The van der Waals surface area contributed by atoms with Crippen molar-refractivity contribution in [2.75, 3.05) is 6.54 Å². The van der Waals surface area contributed by atoms with Crippen LogP contribution in [0.5, 0.6) is 0 Å². The Morgan fingerprint density at radius 1 is 1.25 bits per heavy atom. The van der Waals surface area contributed by atoms with Crippen molar-refractivity contribution in [3.8, 4) is 5.82 Å². The molecule has 2 aromatic heterocycles. The third-order valence-electron chi connectivity index (χ3n) is 3.54. The number of rotatable bonds is 7. The Kier molecular flexibility index (Phi) is 5.48. The molecule has 0 fully saturated rings. The second-order valence-electron chi connectivity index (χ2n) is 5.36. The van der Waals surface area contributed by atoms with Crippen molar-refractivity contribution >= 4 is 27.3 Å². The van der Waals surface area contributed by atoms with Crippen LogP contribution in [0.25, 0.3) is 5.82 Å². The van der Waals surface area contributed by atoms with Crippen molar-refractivity contribution in [1.29, 1.82) is 0 Å². The minimum absolute atomic E-state index is 0.0901. The summed E-state index contributed by atoms with van der Waals surface area (Å²) in [5.74, 6) is 0.321. The summed E-state index contributed by atoms with van der Waals surface area (Å²) in [5.41, 5.74) is -0.861. The van der Waals surface area contributed by atoms with Gasteiger partial charge in [0.25, 0.3) is 11.2 Å². The normalized spacial score (nSPS) is 11.5. The molecule has 3 aromatic rings. The molecule has 0 aliphatic carbocycles. The second kappa shape index (κ2) is 7.84. The van der Waals surface area contributed by atoms with Gasteiger partial charge in [0.05, 0.1) is 16.5 Å². The molecule has 1 N–H and O–H groups in total. The zero-order chi connectivity index (χ0) is 20.3. The van der Waals surface area contributed by atoms with E-state index in [2.05, 4.69) is 19.9 Å². The van der Waals surface area contributed by atoms with Gasteiger partial charge in [0.15, 0.2) is 5.82 Å². The van der Waals surface area contributed by atoms with E-state index in [0.29, 0.717) is 5.82 Å². The number of aromatic nitrogens is 5. The third kappa shape index (κ3) is 4.21. The largest absolute Gasteiger partial charge is 0.270 e. The van der Waals surface area contributed by atoms with Gasteiger partial charge in [-0.1, -0.05) is 11.6 Å². The summed E-state index contributed by atoms with van der Waals surface area (Å²) in [6.07, 6.45) is 2.69. The lowest BCUT2D eigenvalue weighted by atomic mass is 10.3. The Balaban J connectivity index is 1.76. The Morgan fingerprint density at radius 3 is 2.71 bits per heavy atom. The van der Waals surface area contributed by atoms with Crippen molar-refractivity contribution in [2.24, 2.45) is 0 Å². The number of hydrogen-bond acceptors (Lipinski definition) is 8. The number of nitrogens with one attached hydrogen (secondary N) is 1. The van der Waals surface area contributed by atoms with E-state index in [4.69, 9.17) is 11.6 Å². The fraction of sp³-hybridized carbons (Fsp3) is 0.143. The van der Waals surface area contributed by atoms with E-state index in [9.17, 15) is 23.3 Å². The standard InChI is InChI=1S/C14H12ClN7O5S/c15-11-2-1-10(22(24)25)7-12(11)28(26,27)18-5-6-20-14(23)4-3-13(19-20)21-9-16-8-17-21/h1-4,7-9,18H,5-6H2. The van der Waals surface area contributed by atoms with Crippen LogP contribution < -0.4 is 10.3 Å². The van der Waals surface area contributed by atoms with Crippen LogP contribution in [0.2, 0.25) is 5.02 Å². The Hall–Kier alpha value is -3.16. The van der Waals surface area contributed by atoms with Crippen molar-refractivity contribution in [2.45, 2.75) is 11.4 Å². The summed E-state index contributed by atoms with van der Waals surface area (Å²) in [6, 6.07) is 5.79. The smallest absolute Gasteiger partial charge is 0.268 e. The molecule has 0 aliphatic heterocycles. The first kappa shape index (κ1) is 19.6. The molecule has 0 amide bonds. The van der Waals surface area contributed by atoms with Gasteiger partial charge in [0, 0.05) is 24.7 Å². The molecule has 1 aromatic carbocycles. The van der Waals surface area contributed by atoms with Crippen LogP contribution in [0.4, 0.5) is 5.69 Å². The predicted octanol–water partition coefficient (Wildman–Crippen LogP) is 0.364. The lowest BCUT2D eigenvalue weighted by molar-refractivity contribution is -0.385. The molecule has 28 heavy (non-hydrogen) atoms. The fourth-order valence-corrected chi connectivity index (χ4v) is 3.76. The van der Waals surface area contributed by atoms with E-state index in [0.717, 1.165) is 22.9 Å². The Bertz CT molecular complexity index is 1180. The van der Waals surface area contributed by atoms with E-state index in [1.807, 2.05) is 0 Å². The first-order valence-corrected chi connectivity index (χ1v) is 9.51. The monoisotopic (exact) mass is 425 g/mol. The highest BCUT2D eigenvalue weighted by molar-refractivity contribution is 7.89. The first-order chi connectivity index (χ1) is 13.3. The van der Waals surface area contributed by atoms with Crippen molar-refractivity contribution < 1.29 is 13.3 Å². The van der Waals surface area contributed by atoms with Crippen LogP contribution in [0.3, 0.4) is 0 Å². The average Bonchev–Trinajstić information content (AvgIpc) is 3.18. The first-order valence-electron chi connectivity index (χ1n) is 7.65. The van der Waals surface area contributed by atoms with E-state index >= 15 is 0 Å². The summed E-state index contributed by atoms with van der Waals surface area (Å²) in [5, 5.41) is 18.7. The number of nitro groups is 1. The molecular weight excluding hydrogens is 414 g/mol. The quantitative estimate of drug-likeness (QED) is 0.420. The molecule has 0 radical (unpaired) electrons. The zero-order valence-corrected chi connectivity index (χ0v) is 15.5. The van der Waals surface area contributed by atoms with Gasteiger partial charge in [0.2, 0.25) is 10.0 Å². The molecule has 2 heterocycles. The number of hydrogen-bond donors (Lipinski definition) is 1. The van der Waals surface area contributed by atoms with Gasteiger partial charge in [-0.3, -0.25) is 14.9 Å². The lowest BCUT2D eigenvalue weighted by Gasteiger charge is -2.10. The molecule has 0 saturated carbocycles. The van der Waals surface area contributed by atoms with Gasteiger partial charge >= 0.3 is 0 Å². The number of nitrogens with zero attached hydrogens (tertiary/aromatic N) is 6. The number of sulfonamides is 1. The molecule has 0 atom stereocenters. The van der Waals surface area contributed by atoms with Crippen molar-refractivity contribution in [3.05, 3.63) is 68.5 Å². The van der Waals surface area contributed by atoms with Gasteiger partial charge in [-0.05, 0) is 12.1 Å². The highest BCUT2D eigenvalue weighted by Crippen LogP contribution is 2.25. The van der Waals surface area contributed by atoms with Gasteiger partial charge in [-0.25, -0.2) is 27.5 Å². The number of non-ortho nitro benzene ring substituents is 1. The number of nitro benzene ring substituents is 1. The van der Waals surface area contributed by atoms with Crippen LogP contribution in [-0.2, 0) is 16.6 Å². The number of benzene rings is 1. The molecule has 0 saturated heterocycles. The lowest BCUT2D eigenvalue weighted by Crippen LogP contribution is -2.32. The maximum absolute atomic E-state index is 12.4. The highest BCUT2D eigenvalue weighted by atomic mass is 35.5. The van der Waals surface area contributed by atoms with Gasteiger partial charge in [-0.2, -0.15) is 5.10 Å². The molecule has 146 valence electrons. The van der Waals surface area contributed by atoms with Crippen LogP contribution >= 0.6 is 11.6 Å². The van der Waals surface area contributed by atoms with Gasteiger partial charge in [-0.15, -0.1) is 5.10 Å². The van der Waals surface area contributed by atoms with Crippen LogP contribution in [0.15, 0.2) is 52.7 Å². The minimum Gasteiger partial charge on any atom is -0.268 e. The summed E-state index contributed by atoms with van der Waals surface area (Å²) in [6.45, 7) is -0.289. The average molecular weight is 426 g/mol. The van der Waals surface area contributed by atoms with Crippen molar-refractivity contribution in [3.63, 3.8) is 0 Å². The maximum Gasteiger partial charge on any atom is 0.270 e. The van der Waals surface area contributed by atoms with Gasteiger partial charge in [0.1, 0.15) is 17.6 Å². The highest BCUT2D eigenvalue weighted by Gasteiger charge is 2.21. The number of halogens is 1. The SMILES string of the molecule is O=c1ccc(-n2cncn2)nn1CCNS(=O)(=O)c1cc([N+](=O)[O-])ccc1Cl. The molecule has 0 aliphatic rings. The van der Waals surface area contributed by atoms with Crippen LogP contribution in [0, 0.1) is 10.1 Å². The zero-order valence-electron chi connectivity index (χ0n) is 14.0. The predicted molar refractivity (Wildman–Crippen MR) is 96.7 cm³/mol. The molecule has 0 spiro atoms. The molecule has 3 rings (SSSR count). The molecule has 14 heteroatoms. The Labute approximate surface area is 162 Å². The Morgan fingerprint density at radius 2 is 2.04 bits per heavy atom. The third-order valence-corrected chi connectivity index (χ3v) is 5.48. The van der Waals surface area contributed by atoms with E-state index in [-0.39, 0.29) is 18.1 Å². The molecule has 12 nitrogen and oxygen atoms in total. The summed E-state index contributed by atoms with van der Waals surface area (Å²) >= 11 is 5.86. The van der Waals surface area contributed by atoms with E-state index in [1.54, 1.807) is 0 Å². The van der Waals surface area contributed by atoms with E-state index < -0.39 is 31.1 Å². The molecule has 0 unspecified atom stereocenters. The van der Waals surface area contributed by atoms with E-state index in [1.165, 1.54) is 29.5 Å². The summed E-state index contributed by atoms with van der Waals surface area (Å²) in [7, 11) is -4.14. The fourth-order valence-electron chi connectivity index (χ4n) is 2.22. The molecule has 0 bridgehead atoms. The van der Waals surface area contributed by atoms with Crippen LogP contribution in [-0.4, -0.2) is 44.4 Å². The van der Waals surface area contributed by atoms with Crippen molar-refractivity contribution in [1.82, 2.24) is 29.3 Å². The molecular formula is C14H12ClN7O5S.